The van der Waals surface area contributed by atoms with Gasteiger partial charge >= 0.3 is 83.2 Å². The average Bonchev–Trinajstić information content (AvgIpc) is 3.10. The summed E-state index contributed by atoms with van der Waals surface area (Å²) >= 11 is 0. The van der Waals surface area contributed by atoms with Gasteiger partial charge in [0.2, 0.25) is 12.1 Å². The van der Waals surface area contributed by atoms with Crippen molar-refractivity contribution in [2.24, 2.45) is 0 Å². The molecule has 0 aliphatic carbocycles. The first kappa shape index (κ1) is 49.0. The van der Waals surface area contributed by atoms with Crippen LogP contribution in [0, 0.1) is 0 Å². The standard InChI is InChI=1S/C11H20O35S8/c12-47(13,14)36-1-3-4(41-49(18,19)20)5(42-50(21,22)23)6(43-51(24,25)26)9(38-3)39-11(2-37-48(15,16)17)8(45-53(30,31)32)7(44-52(27,28)29)10(40-11)46-54(33,34)35/h3-10H,1-2H2,(H,12,13,14)(H,15,16,17)(H,18,19,20)(H,21,22,23)(H,24,25,26)(H,27,28,29)(H,30,31,32)(H,33,34,35)/t3-,4-,5-,6-,7+,8-,9+,10-,11-/m1/s1. The molecule has 2 aliphatic heterocycles. The van der Waals surface area contributed by atoms with Gasteiger partial charge < -0.3 is 14.2 Å². The largest absolute Gasteiger partial charge is 0.399 e. The minimum absolute atomic E-state index is 1.99. The van der Waals surface area contributed by atoms with E-state index >= 15 is 0 Å². The highest BCUT2D eigenvalue weighted by atomic mass is 32.3. The molecule has 2 aliphatic rings. The minimum Gasteiger partial charge on any atom is -0.341 e. The minimum atomic E-state index is -6.30. The summed E-state index contributed by atoms with van der Waals surface area (Å²) < 4.78 is 306. The van der Waals surface area contributed by atoms with Crippen LogP contribution >= 0.6 is 0 Å². The molecule has 2 fully saturated rings. The van der Waals surface area contributed by atoms with Gasteiger partial charge in [0.25, 0.3) is 0 Å². The summed E-state index contributed by atoms with van der Waals surface area (Å²) in [5.74, 6) is -4.27. The lowest BCUT2D eigenvalue weighted by Crippen LogP contribution is -2.65. The summed E-state index contributed by atoms with van der Waals surface area (Å²) in [5, 5.41) is 0. The Bertz CT molecular complexity index is 2260. The van der Waals surface area contributed by atoms with Gasteiger partial charge in [0.15, 0.2) is 24.6 Å². The molecule has 0 amide bonds. The number of rotatable bonds is 20. The third-order valence-corrected chi connectivity index (χ3v) is 8.98. The summed E-state index contributed by atoms with van der Waals surface area (Å²) in [6.45, 7) is -4.45. The second-order valence-corrected chi connectivity index (χ2v) is 17.8. The van der Waals surface area contributed by atoms with Crippen molar-refractivity contribution < 1.29 is 151 Å². The zero-order valence-electron chi connectivity index (χ0n) is 24.4. The molecule has 43 heteroatoms. The summed E-state index contributed by atoms with van der Waals surface area (Å²) in [5.41, 5.74) is 0. The fraction of sp³-hybridized carbons (Fsp3) is 1.00. The molecule has 322 valence electrons. The third-order valence-electron chi connectivity index (χ3n) is 5.39. The predicted molar refractivity (Wildman–Crippen MR) is 147 cm³/mol. The molecule has 2 saturated heterocycles. The SMILES string of the molecule is O=S(=O)(O)OC[C@H]1O[C@@H](O[C@]2(COS(=O)(=O)O)O[C@H](OS(=O)(=O)O)[C@@H](OS(=O)(=O)O)[C@H]2OS(=O)(=O)O)[C@H](OS(=O)(=O)O)[C@H](OS(=O)(=O)O)[C@@H]1OS(=O)(=O)O. The molecule has 35 nitrogen and oxygen atoms in total. The molecule has 8 N–H and O–H groups in total. The van der Waals surface area contributed by atoms with Crippen LogP contribution in [-0.2, 0) is 131 Å². The van der Waals surface area contributed by atoms with Gasteiger partial charge in [-0.15, -0.1) is 0 Å². The zero-order valence-corrected chi connectivity index (χ0v) is 30.9. The maximum absolute atomic E-state index is 11.8. The van der Waals surface area contributed by atoms with Gasteiger partial charge in [-0.2, -0.15) is 67.3 Å². The quantitative estimate of drug-likeness (QED) is 0.0526. The second-order valence-electron chi connectivity index (χ2n) is 9.28. The molecule has 0 spiro atoms. The maximum atomic E-state index is 11.8. The van der Waals surface area contributed by atoms with Crippen LogP contribution in [0.5, 0.6) is 0 Å². The zero-order chi connectivity index (χ0) is 42.3. The first-order valence-corrected chi connectivity index (χ1v) is 22.8. The second kappa shape index (κ2) is 16.6. The van der Waals surface area contributed by atoms with Crippen molar-refractivity contribution in [3.63, 3.8) is 0 Å². The van der Waals surface area contributed by atoms with Crippen molar-refractivity contribution >= 4 is 83.2 Å². The van der Waals surface area contributed by atoms with Crippen molar-refractivity contribution in [1.82, 2.24) is 0 Å². The van der Waals surface area contributed by atoms with Gasteiger partial charge in [-0.3, -0.25) is 36.4 Å². The van der Waals surface area contributed by atoms with E-state index in [4.69, 9.17) is 27.9 Å². The van der Waals surface area contributed by atoms with Gasteiger partial charge in [0.1, 0.15) is 24.9 Å². The van der Waals surface area contributed by atoms with Gasteiger partial charge in [-0.05, 0) is 0 Å². The summed E-state index contributed by atoms with van der Waals surface area (Å²) in [6.07, 6.45) is -27.2. The molecule has 0 radical (unpaired) electrons. The van der Waals surface area contributed by atoms with Gasteiger partial charge in [-0.1, -0.05) is 0 Å². The molecular weight excluding hydrogens is 949 g/mol. The fourth-order valence-electron chi connectivity index (χ4n) is 4.02. The Kier molecular flexibility index (Phi) is 15.1. The van der Waals surface area contributed by atoms with Gasteiger partial charge in [0.05, 0.1) is 6.61 Å². The first-order chi connectivity index (χ1) is 23.7. The topological polar surface area (TPSA) is 536 Å². The van der Waals surface area contributed by atoms with Crippen molar-refractivity contribution in [3.8, 4) is 0 Å². The molecule has 0 saturated carbocycles. The van der Waals surface area contributed by atoms with E-state index in [2.05, 4.69) is 33.5 Å². The van der Waals surface area contributed by atoms with Crippen molar-refractivity contribution in [3.05, 3.63) is 0 Å². The van der Waals surface area contributed by atoms with Crippen LogP contribution in [0.1, 0.15) is 0 Å². The summed E-state index contributed by atoms with van der Waals surface area (Å²) in [6, 6.07) is 0. The highest BCUT2D eigenvalue weighted by Crippen LogP contribution is 2.43. The summed E-state index contributed by atoms with van der Waals surface area (Å²) in [7, 11) is -48.9. The maximum Gasteiger partial charge on any atom is 0.399 e. The van der Waals surface area contributed by atoms with Crippen LogP contribution in [0.2, 0.25) is 0 Å². The molecule has 9 atom stereocenters. The van der Waals surface area contributed by atoms with Crippen molar-refractivity contribution in [1.29, 1.82) is 0 Å². The first-order valence-electron chi connectivity index (χ1n) is 11.9. The van der Waals surface area contributed by atoms with Crippen LogP contribution in [-0.4, -0.2) is 172 Å². The van der Waals surface area contributed by atoms with Gasteiger partial charge in [0, 0.05) is 0 Å². The Hall–Kier alpha value is -1.16. The fourth-order valence-corrected chi connectivity index (χ4v) is 7.52. The van der Waals surface area contributed by atoms with Crippen LogP contribution in [0.3, 0.4) is 0 Å². The molecule has 54 heavy (non-hydrogen) atoms. The van der Waals surface area contributed by atoms with E-state index in [-0.39, 0.29) is 0 Å². The monoisotopic (exact) mass is 968 g/mol. The van der Waals surface area contributed by atoms with Crippen molar-refractivity contribution in [2.45, 2.75) is 55.0 Å². The van der Waals surface area contributed by atoms with E-state index in [0.29, 0.717) is 0 Å². The molecule has 0 aromatic heterocycles. The molecule has 0 bridgehead atoms. The molecular formula is C11H20O35S8. The Labute approximate surface area is 301 Å². The number of ether oxygens (including phenoxy) is 3. The lowest BCUT2D eigenvalue weighted by molar-refractivity contribution is -0.379. The number of hydrogen-bond acceptors (Lipinski definition) is 27. The third kappa shape index (κ3) is 17.1. The van der Waals surface area contributed by atoms with E-state index < -0.39 is 151 Å². The van der Waals surface area contributed by atoms with Crippen LogP contribution in [0.15, 0.2) is 0 Å². The lowest BCUT2D eigenvalue weighted by atomic mass is 9.99. The van der Waals surface area contributed by atoms with Crippen molar-refractivity contribution in [2.75, 3.05) is 13.2 Å². The number of hydrogen-bond donors (Lipinski definition) is 8. The normalized spacial score (nSPS) is 31.0. The molecule has 0 unspecified atom stereocenters. The smallest absolute Gasteiger partial charge is 0.341 e. The summed E-state index contributed by atoms with van der Waals surface area (Å²) in [4.78, 5) is 0. The van der Waals surface area contributed by atoms with E-state index in [0.717, 1.165) is 0 Å². The van der Waals surface area contributed by atoms with Gasteiger partial charge in [-0.25, -0.2) is 33.5 Å². The Morgan fingerprint density at radius 1 is 0.426 bits per heavy atom. The lowest BCUT2D eigenvalue weighted by Gasteiger charge is -2.45. The van der Waals surface area contributed by atoms with Crippen LogP contribution in [0.4, 0.5) is 0 Å². The van der Waals surface area contributed by atoms with E-state index in [1.165, 1.54) is 0 Å². The van der Waals surface area contributed by atoms with Crippen LogP contribution in [0.25, 0.3) is 0 Å². The van der Waals surface area contributed by atoms with E-state index in [1.807, 2.05) is 0 Å². The Morgan fingerprint density at radius 3 is 1.22 bits per heavy atom. The predicted octanol–water partition coefficient (Wildman–Crippen LogP) is -6.82. The average molecular weight is 969 g/mol. The highest BCUT2D eigenvalue weighted by Gasteiger charge is 2.66. The molecule has 0 aromatic rings. The molecule has 0 aromatic carbocycles. The highest BCUT2D eigenvalue weighted by molar-refractivity contribution is 7.82. The van der Waals surface area contributed by atoms with Crippen LogP contribution < -0.4 is 0 Å². The van der Waals surface area contributed by atoms with E-state index in [1.54, 1.807) is 0 Å². The Balaban J connectivity index is 3.09. The molecule has 2 rings (SSSR count). The van der Waals surface area contributed by atoms with E-state index in [9.17, 15) is 90.1 Å². The Morgan fingerprint density at radius 2 is 0.815 bits per heavy atom. The molecule has 2 heterocycles.